The number of fused-ring (bicyclic) bond motifs is 1. The van der Waals surface area contributed by atoms with Crippen LogP contribution in [-0.2, 0) is 16.0 Å². The average molecular weight is 250 g/mol. The summed E-state index contributed by atoms with van der Waals surface area (Å²) >= 11 is 0. The standard InChI is InChI=1S/C12H14N2O4/c1-3-18-10(15)8-7-13-14-5-4-12(2,11(16)17)6-9(8)14/h4-5,7H,3,6H2,1-2H3,(H,16,17). The second-order valence-electron chi connectivity index (χ2n) is 4.39. The van der Waals surface area contributed by atoms with Crippen LogP contribution in [0, 0.1) is 5.41 Å². The molecule has 1 aromatic heterocycles. The van der Waals surface area contributed by atoms with Gasteiger partial charge in [-0.1, -0.05) is 0 Å². The fourth-order valence-electron chi connectivity index (χ4n) is 1.86. The summed E-state index contributed by atoms with van der Waals surface area (Å²) in [5.74, 6) is -1.40. The summed E-state index contributed by atoms with van der Waals surface area (Å²) in [7, 11) is 0. The van der Waals surface area contributed by atoms with Crippen LogP contribution in [0.2, 0.25) is 0 Å². The highest BCUT2D eigenvalue weighted by Gasteiger charge is 2.36. The molecule has 1 atom stereocenters. The number of aliphatic carboxylic acids is 1. The van der Waals surface area contributed by atoms with Crippen LogP contribution in [-0.4, -0.2) is 33.4 Å². The number of hydrogen-bond donors (Lipinski definition) is 1. The van der Waals surface area contributed by atoms with Crippen LogP contribution in [0.15, 0.2) is 12.3 Å². The van der Waals surface area contributed by atoms with E-state index in [0.717, 1.165) is 0 Å². The number of rotatable bonds is 3. The molecule has 6 nitrogen and oxygen atoms in total. The molecular weight excluding hydrogens is 236 g/mol. The third-order valence-electron chi connectivity index (χ3n) is 3.00. The van der Waals surface area contributed by atoms with E-state index < -0.39 is 17.4 Å². The Morgan fingerprint density at radius 2 is 2.33 bits per heavy atom. The molecule has 0 radical (unpaired) electrons. The molecule has 6 heteroatoms. The normalized spacial score (nSPS) is 21.4. The van der Waals surface area contributed by atoms with Gasteiger partial charge in [0.25, 0.3) is 0 Å². The van der Waals surface area contributed by atoms with Crippen molar-refractivity contribution >= 4 is 18.1 Å². The Morgan fingerprint density at radius 3 is 2.94 bits per heavy atom. The first kappa shape index (κ1) is 12.3. The molecule has 0 aliphatic carbocycles. The van der Waals surface area contributed by atoms with Crippen LogP contribution in [0.1, 0.15) is 29.9 Å². The van der Waals surface area contributed by atoms with Gasteiger partial charge in [0, 0.05) is 12.6 Å². The number of carbonyl (C=O) groups excluding carboxylic acids is 1. The van der Waals surface area contributed by atoms with Gasteiger partial charge in [-0.15, -0.1) is 0 Å². The first-order valence-electron chi connectivity index (χ1n) is 5.64. The van der Waals surface area contributed by atoms with Crippen molar-refractivity contribution in [3.63, 3.8) is 0 Å². The molecule has 0 aromatic carbocycles. The second kappa shape index (κ2) is 4.29. The average Bonchev–Trinajstić information content (AvgIpc) is 2.71. The number of ether oxygens (including phenoxy) is 1. The van der Waals surface area contributed by atoms with Gasteiger partial charge in [-0.3, -0.25) is 4.79 Å². The summed E-state index contributed by atoms with van der Waals surface area (Å²) in [5.41, 5.74) is -0.119. The summed E-state index contributed by atoms with van der Waals surface area (Å²) in [5, 5.41) is 13.2. The van der Waals surface area contributed by atoms with Gasteiger partial charge in [-0.25, -0.2) is 9.48 Å². The highest BCUT2D eigenvalue weighted by Crippen LogP contribution is 2.31. The Kier molecular flexibility index (Phi) is 2.94. The van der Waals surface area contributed by atoms with E-state index >= 15 is 0 Å². The van der Waals surface area contributed by atoms with E-state index in [-0.39, 0.29) is 13.0 Å². The van der Waals surface area contributed by atoms with Gasteiger partial charge < -0.3 is 9.84 Å². The number of esters is 1. The van der Waals surface area contributed by atoms with Gasteiger partial charge in [0.1, 0.15) is 5.56 Å². The second-order valence-corrected chi connectivity index (χ2v) is 4.39. The van der Waals surface area contributed by atoms with Crippen molar-refractivity contribution in [1.29, 1.82) is 0 Å². The van der Waals surface area contributed by atoms with Crippen molar-refractivity contribution in [1.82, 2.24) is 9.78 Å². The molecule has 2 heterocycles. The molecule has 0 spiro atoms. The molecule has 1 aliphatic heterocycles. The topological polar surface area (TPSA) is 81.4 Å². The van der Waals surface area contributed by atoms with Gasteiger partial charge in [0.2, 0.25) is 0 Å². The number of aromatic nitrogens is 2. The molecule has 96 valence electrons. The number of hydrogen-bond acceptors (Lipinski definition) is 4. The molecule has 1 N–H and O–H groups in total. The van der Waals surface area contributed by atoms with Crippen LogP contribution < -0.4 is 0 Å². The van der Waals surface area contributed by atoms with Crippen molar-refractivity contribution in [3.05, 3.63) is 23.5 Å². The van der Waals surface area contributed by atoms with Crippen molar-refractivity contribution in [3.8, 4) is 0 Å². The predicted octanol–water partition coefficient (Wildman–Crippen LogP) is 1.18. The van der Waals surface area contributed by atoms with E-state index in [0.29, 0.717) is 11.3 Å². The van der Waals surface area contributed by atoms with Gasteiger partial charge in [0.15, 0.2) is 0 Å². The van der Waals surface area contributed by atoms with Crippen molar-refractivity contribution in [2.45, 2.75) is 20.3 Å². The minimum absolute atomic E-state index is 0.215. The zero-order valence-electron chi connectivity index (χ0n) is 10.2. The number of nitrogens with zero attached hydrogens (tertiary/aromatic N) is 2. The summed E-state index contributed by atoms with van der Waals surface area (Å²) in [6.07, 6.45) is 4.76. The van der Waals surface area contributed by atoms with Gasteiger partial charge in [-0.05, 0) is 19.9 Å². The van der Waals surface area contributed by atoms with E-state index in [1.54, 1.807) is 26.1 Å². The van der Waals surface area contributed by atoms with Crippen molar-refractivity contribution in [2.75, 3.05) is 6.61 Å². The molecule has 2 rings (SSSR count). The molecule has 0 fully saturated rings. The van der Waals surface area contributed by atoms with Crippen LogP contribution in [0.3, 0.4) is 0 Å². The molecule has 0 bridgehead atoms. The van der Waals surface area contributed by atoms with Crippen LogP contribution in [0.5, 0.6) is 0 Å². The largest absolute Gasteiger partial charge is 0.481 e. The Labute approximate surface area is 104 Å². The fourth-order valence-corrected chi connectivity index (χ4v) is 1.86. The van der Waals surface area contributed by atoms with E-state index in [2.05, 4.69) is 5.10 Å². The molecule has 0 saturated carbocycles. The highest BCUT2D eigenvalue weighted by molar-refractivity contribution is 5.91. The van der Waals surface area contributed by atoms with Crippen molar-refractivity contribution < 1.29 is 19.4 Å². The van der Waals surface area contributed by atoms with Gasteiger partial charge >= 0.3 is 11.9 Å². The quantitative estimate of drug-likeness (QED) is 0.814. The van der Waals surface area contributed by atoms with Crippen LogP contribution >= 0.6 is 0 Å². The lowest BCUT2D eigenvalue weighted by molar-refractivity contribution is -0.145. The fraction of sp³-hybridized carbons (Fsp3) is 0.417. The first-order valence-corrected chi connectivity index (χ1v) is 5.64. The number of carboxylic acid groups (broad SMARTS) is 1. The SMILES string of the molecule is CCOC(=O)c1cnn2c1CC(C)(C(=O)O)C=C2. The molecular formula is C12H14N2O4. The maximum absolute atomic E-state index is 11.7. The Hall–Kier alpha value is -2.11. The monoisotopic (exact) mass is 250 g/mol. The maximum Gasteiger partial charge on any atom is 0.341 e. The first-order chi connectivity index (χ1) is 8.48. The van der Waals surface area contributed by atoms with Gasteiger partial charge in [-0.2, -0.15) is 5.10 Å². The minimum Gasteiger partial charge on any atom is -0.481 e. The summed E-state index contributed by atoms with van der Waals surface area (Å²) in [4.78, 5) is 22.9. The lowest BCUT2D eigenvalue weighted by atomic mass is 9.83. The van der Waals surface area contributed by atoms with E-state index in [4.69, 9.17) is 4.74 Å². The lowest BCUT2D eigenvalue weighted by Gasteiger charge is -2.24. The third kappa shape index (κ3) is 1.90. The number of carbonyl (C=O) groups is 2. The smallest absolute Gasteiger partial charge is 0.341 e. The van der Waals surface area contributed by atoms with Crippen LogP contribution in [0.4, 0.5) is 0 Å². The molecule has 0 saturated heterocycles. The Morgan fingerprint density at radius 1 is 1.61 bits per heavy atom. The molecule has 1 aliphatic rings. The minimum atomic E-state index is -1.02. The van der Waals surface area contributed by atoms with Gasteiger partial charge in [0.05, 0.1) is 23.9 Å². The Balaban J connectivity index is 2.38. The zero-order chi connectivity index (χ0) is 13.3. The third-order valence-corrected chi connectivity index (χ3v) is 3.00. The van der Waals surface area contributed by atoms with E-state index in [1.165, 1.54) is 10.9 Å². The molecule has 18 heavy (non-hydrogen) atoms. The summed E-state index contributed by atoms with van der Waals surface area (Å²) in [6, 6.07) is 0. The summed E-state index contributed by atoms with van der Waals surface area (Å²) < 4.78 is 6.43. The highest BCUT2D eigenvalue weighted by atomic mass is 16.5. The van der Waals surface area contributed by atoms with E-state index in [1.807, 2.05) is 0 Å². The summed E-state index contributed by atoms with van der Waals surface area (Å²) in [6.45, 7) is 3.60. The number of carboxylic acids is 1. The zero-order valence-corrected chi connectivity index (χ0v) is 10.2. The molecule has 0 amide bonds. The lowest BCUT2D eigenvalue weighted by Crippen LogP contribution is -2.32. The molecule has 1 unspecified atom stereocenters. The van der Waals surface area contributed by atoms with E-state index in [9.17, 15) is 14.7 Å². The van der Waals surface area contributed by atoms with Crippen molar-refractivity contribution in [2.24, 2.45) is 5.41 Å². The van der Waals surface area contributed by atoms with Crippen LogP contribution in [0.25, 0.3) is 6.20 Å². The maximum atomic E-state index is 11.7. The molecule has 1 aromatic rings. The predicted molar refractivity (Wildman–Crippen MR) is 63.0 cm³/mol. The Bertz CT molecular complexity index is 532.